The van der Waals surface area contributed by atoms with Crippen molar-refractivity contribution in [2.24, 2.45) is 0 Å². The predicted octanol–water partition coefficient (Wildman–Crippen LogP) is 2.33. The molecule has 0 radical (unpaired) electrons. The van der Waals surface area contributed by atoms with Gasteiger partial charge in [0.15, 0.2) is 5.52 Å². The second-order valence-electron chi connectivity index (χ2n) is 3.75. The molecule has 88 valence electrons. The number of imidazole rings is 1. The molecule has 0 amide bonds. The van der Waals surface area contributed by atoms with E-state index in [-0.39, 0.29) is 5.69 Å². The largest absolute Gasteiger partial charge is 0.295 e. The minimum absolute atomic E-state index is 0.00876. The highest BCUT2D eigenvalue weighted by Crippen LogP contribution is 2.24. The Morgan fingerprint density at radius 3 is 2.83 bits per heavy atom. The van der Waals surface area contributed by atoms with Gasteiger partial charge in [-0.2, -0.15) is 0 Å². The third kappa shape index (κ3) is 1.60. The number of para-hydroxylation sites is 1. The first-order chi connectivity index (χ1) is 8.75. The number of pyridine rings is 1. The summed E-state index contributed by atoms with van der Waals surface area (Å²) < 4.78 is 1.70. The van der Waals surface area contributed by atoms with Crippen LogP contribution in [0, 0.1) is 10.1 Å². The summed E-state index contributed by atoms with van der Waals surface area (Å²) in [6.45, 7) is 0. The molecule has 0 aliphatic rings. The number of hydrogen-bond acceptors (Lipinski definition) is 4. The second-order valence-corrected chi connectivity index (χ2v) is 3.75. The summed E-state index contributed by atoms with van der Waals surface area (Å²) >= 11 is 0. The lowest BCUT2D eigenvalue weighted by Gasteiger charge is -2.03. The Morgan fingerprint density at radius 1 is 1.22 bits per heavy atom. The maximum Gasteiger partial charge on any atom is 0.295 e. The number of hydrogen-bond donors (Lipinski definition) is 0. The monoisotopic (exact) mass is 240 g/mol. The van der Waals surface area contributed by atoms with Gasteiger partial charge in [0.2, 0.25) is 0 Å². The van der Waals surface area contributed by atoms with Crippen molar-refractivity contribution in [3.8, 4) is 5.82 Å². The van der Waals surface area contributed by atoms with E-state index in [1.54, 1.807) is 41.5 Å². The van der Waals surface area contributed by atoms with Crippen LogP contribution < -0.4 is 0 Å². The van der Waals surface area contributed by atoms with E-state index >= 15 is 0 Å². The molecule has 6 heteroatoms. The number of aromatic nitrogens is 3. The highest BCUT2D eigenvalue weighted by atomic mass is 16.6. The van der Waals surface area contributed by atoms with Crippen LogP contribution in [-0.2, 0) is 0 Å². The fourth-order valence-electron chi connectivity index (χ4n) is 1.81. The molecular weight excluding hydrogens is 232 g/mol. The van der Waals surface area contributed by atoms with Crippen LogP contribution in [0.25, 0.3) is 16.7 Å². The van der Waals surface area contributed by atoms with Crippen LogP contribution in [0.15, 0.2) is 49.1 Å². The van der Waals surface area contributed by atoms with Crippen molar-refractivity contribution in [3.05, 3.63) is 59.2 Å². The number of rotatable bonds is 2. The van der Waals surface area contributed by atoms with Crippen LogP contribution in [-0.4, -0.2) is 19.5 Å². The molecule has 0 N–H and O–H groups in total. The fourth-order valence-corrected chi connectivity index (χ4v) is 1.81. The smallest absolute Gasteiger partial charge is 0.291 e. The SMILES string of the molecule is O=[N+]([O-])c1cccc2ccc(-n3ccnc3)nc12. The summed E-state index contributed by atoms with van der Waals surface area (Å²) in [7, 11) is 0. The number of nitro groups is 1. The summed E-state index contributed by atoms with van der Waals surface area (Å²) in [6, 6.07) is 8.51. The van der Waals surface area contributed by atoms with E-state index in [0.717, 1.165) is 5.39 Å². The molecule has 0 aliphatic heterocycles. The van der Waals surface area contributed by atoms with Gasteiger partial charge < -0.3 is 0 Å². The molecular formula is C12H8N4O2. The topological polar surface area (TPSA) is 73.8 Å². The standard InChI is InChI=1S/C12H8N4O2/c17-16(18)10-3-1-2-9-4-5-11(14-12(9)10)15-7-6-13-8-15/h1-8H. The van der Waals surface area contributed by atoms with Crippen molar-refractivity contribution in [1.29, 1.82) is 0 Å². The number of benzene rings is 1. The first-order valence-electron chi connectivity index (χ1n) is 5.28. The Labute approximate surface area is 102 Å². The van der Waals surface area contributed by atoms with E-state index in [9.17, 15) is 10.1 Å². The molecule has 3 aromatic rings. The lowest BCUT2D eigenvalue weighted by molar-refractivity contribution is -0.383. The first kappa shape index (κ1) is 10.4. The Bertz CT molecular complexity index is 722. The molecule has 18 heavy (non-hydrogen) atoms. The maximum absolute atomic E-state index is 11.0. The van der Waals surface area contributed by atoms with E-state index in [0.29, 0.717) is 11.3 Å². The molecule has 6 nitrogen and oxygen atoms in total. The van der Waals surface area contributed by atoms with Crippen molar-refractivity contribution >= 4 is 16.6 Å². The van der Waals surface area contributed by atoms with Crippen molar-refractivity contribution in [2.75, 3.05) is 0 Å². The van der Waals surface area contributed by atoms with Gasteiger partial charge in [0.1, 0.15) is 12.1 Å². The van der Waals surface area contributed by atoms with Crippen LogP contribution in [0.3, 0.4) is 0 Å². The molecule has 1 aromatic carbocycles. The third-order valence-electron chi connectivity index (χ3n) is 2.65. The molecule has 0 spiro atoms. The third-order valence-corrected chi connectivity index (χ3v) is 2.65. The fraction of sp³-hybridized carbons (Fsp3) is 0. The minimum atomic E-state index is -0.424. The van der Waals surface area contributed by atoms with Crippen LogP contribution in [0.2, 0.25) is 0 Å². The van der Waals surface area contributed by atoms with Gasteiger partial charge in [-0.3, -0.25) is 14.7 Å². The molecule has 0 unspecified atom stereocenters. The Hall–Kier alpha value is -2.76. The zero-order valence-electron chi connectivity index (χ0n) is 9.22. The summed E-state index contributed by atoms with van der Waals surface area (Å²) in [5, 5.41) is 11.7. The van der Waals surface area contributed by atoms with E-state index in [1.165, 1.54) is 6.07 Å². The lowest BCUT2D eigenvalue weighted by atomic mass is 10.2. The molecule has 0 atom stereocenters. The molecule has 0 bridgehead atoms. The van der Waals surface area contributed by atoms with Crippen molar-refractivity contribution in [1.82, 2.24) is 14.5 Å². The second kappa shape index (κ2) is 3.92. The summed E-state index contributed by atoms with van der Waals surface area (Å²) in [5.74, 6) is 0.606. The molecule has 3 rings (SSSR count). The normalized spacial score (nSPS) is 10.7. The van der Waals surface area contributed by atoms with Crippen molar-refractivity contribution in [3.63, 3.8) is 0 Å². The minimum Gasteiger partial charge on any atom is -0.291 e. The van der Waals surface area contributed by atoms with Gasteiger partial charge in [0.25, 0.3) is 5.69 Å². The predicted molar refractivity (Wildman–Crippen MR) is 65.5 cm³/mol. The van der Waals surface area contributed by atoms with Gasteiger partial charge in [-0.25, -0.2) is 9.97 Å². The molecule has 2 aromatic heterocycles. The Morgan fingerprint density at radius 2 is 2.11 bits per heavy atom. The Kier molecular flexibility index (Phi) is 2.26. The lowest BCUT2D eigenvalue weighted by Crippen LogP contribution is -1.97. The van der Waals surface area contributed by atoms with Gasteiger partial charge in [-0.05, 0) is 12.1 Å². The zero-order chi connectivity index (χ0) is 12.5. The van der Waals surface area contributed by atoms with Crippen LogP contribution in [0.5, 0.6) is 0 Å². The zero-order valence-corrected chi connectivity index (χ0v) is 9.22. The first-order valence-corrected chi connectivity index (χ1v) is 5.28. The van der Waals surface area contributed by atoms with Crippen LogP contribution >= 0.6 is 0 Å². The van der Waals surface area contributed by atoms with Crippen molar-refractivity contribution < 1.29 is 4.92 Å². The Balaban J connectivity index is 2.28. The van der Waals surface area contributed by atoms with Crippen LogP contribution in [0.1, 0.15) is 0 Å². The highest BCUT2D eigenvalue weighted by molar-refractivity contribution is 5.87. The van der Waals surface area contributed by atoms with Crippen molar-refractivity contribution in [2.45, 2.75) is 0 Å². The average Bonchev–Trinajstić information content (AvgIpc) is 2.91. The molecule has 0 fully saturated rings. The van der Waals surface area contributed by atoms with E-state index in [1.807, 2.05) is 6.07 Å². The number of nitro benzene ring substituents is 1. The molecule has 0 saturated heterocycles. The van der Waals surface area contributed by atoms with Gasteiger partial charge >= 0.3 is 0 Å². The van der Waals surface area contributed by atoms with Gasteiger partial charge in [0.05, 0.1) is 4.92 Å². The maximum atomic E-state index is 11.0. The van der Waals surface area contributed by atoms with E-state index in [4.69, 9.17) is 0 Å². The molecule has 0 aliphatic carbocycles. The number of fused-ring (bicyclic) bond motifs is 1. The molecule has 2 heterocycles. The quantitative estimate of drug-likeness (QED) is 0.509. The summed E-state index contributed by atoms with van der Waals surface area (Å²) in [4.78, 5) is 18.8. The summed E-state index contributed by atoms with van der Waals surface area (Å²) in [5.41, 5.74) is 0.392. The molecule has 0 saturated carbocycles. The van der Waals surface area contributed by atoms with Gasteiger partial charge in [0, 0.05) is 23.8 Å². The van der Waals surface area contributed by atoms with Gasteiger partial charge in [-0.1, -0.05) is 12.1 Å². The number of non-ortho nitro benzene ring substituents is 1. The number of nitrogens with zero attached hydrogens (tertiary/aromatic N) is 4. The summed E-state index contributed by atoms with van der Waals surface area (Å²) in [6.07, 6.45) is 4.97. The van der Waals surface area contributed by atoms with Crippen LogP contribution in [0.4, 0.5) is 5.69 Å². The highest BCUT2D eigenvalue weighted by Gasteiger charge is 2.13. The van der Waals surface area contributed by atoms with Gasteiger partial charge in [-0.15, -0.1) is 0 Å². The van der Waals surface area contributed by atoms with E-state index in [2.05, 4.69) is 9.97 Å². The average molecular weight is 240 g/mol. The van der Waals surface area contributed by atoms with E-state index < -0.39 is 4.92 Å².